The third kappa shape index (κ3) is 4.26. The Morgan fingerprint density at radius 2 is 1.79 bits per heavy atom. The highest BCUT2D eigenvalue weighted by molar-refractivity contribution is 6.04. The molecule has 168 valence electrons. The lowest BCUT2D eigenvalue weighted by Gasteiger charge is -2.25. The normalized spacial score (nSPS) is 15.4. The van der Waals surface area contributed by atoms with Gasteiger partial charge in [0.1, 0.15) is 28.8 Å². The van der Waals surface area contributed by atoms with Gasteiger partial charge in [0.2, 0.25) is 0 Å². The van der Waals surface area contributed by atoms with Crippen molar-refractivity contribution in [2.24, 2.45) is 4.99 Å². The number of para-hydroxylation sites is 2. The van der Waals surface area contributed by atoms with Crippen LogP contribution in [0.2, 0.25) is 0 Å². The van der Waals surface area contributed by atoms with E-state index in [1.165, 1.54) is 24.3 Å². The van der Waals surface area contributed by atoms with Crippen LogP contribution in [0.3, 0.4) is 0 Å². The van der Waals surface area contributed by atoms with Gasteiger partial charge in [-0.05, 0) is 61.0 Å². The van der Waals surface area contributed by atoms with Crippen molar-refractivity contribution in [2.75, 3.05) is 33.3 Å². The summed E-state index contributed by atoms with van der Waals surface area (Å²) in [5.74, 6) is 2.49. The molecule has 1 amide bonds. The van der Waals surface area contributed by atoms with E-state index < -0.39 is 0 Å². The van der Waals surface area contributed by atoms with Crippen molar-refractivity contribution in [3.8, 4) is 17.2 Å². The second-order valence-electron chi connectivity index (χ2n) is 8.01. The maximum atomic E-state index is 13.3. The summed E-state index contributed by atoms with van der Waals surface area (Å²) in [6, 6.07) is 19.1. The average molecular weight is 445 g/mol. The number of halogens is 1. The van der Waals surface area contributed by atoms with Crippen LogP contribution < -0.4 is 9.47 Å². The summed E-state index contributed by atoms with van der Waals surface area (Å²) >= 11 is 0. The number of methoxy groups -OCH3 is 1. The lowest BCUT2D eigenvalue weighted by atomic mass is 10.1. The summed E-state index contributed by atoms with van der Waals surface area (Å²) in [5, 5.41) is 0. The molecule has 1 saturated heterocycles. The zero-order chi connectivity index (χ0) is 22.8. The van der Waals surface area contributed by atoms with Crippen LogP contribution in [0.15, 0.2) is 71.7 Å². The predicted molar refractivity (Wildman–Crippen MR) is 124 cm³/mol. The maximum Gasteiger partial charge on any atom is 0.253 e. The summed E-state index contributed by atoms with van der Waals surface area (Å²) < 4.78 is 24.9. The Hall–Kier alpha value is -3.87. The van der Waals surface area contributed by atoms with Crippen molar-refractivity contribution < 1.29 is 18.7 Å². The van der Waals surface area contributed by atoms with Gasteiger partial charge in [0, 0.05) is 31.7 Å². The first-order valence-corrected chi connectivity index (χ1v) is 11.0. The standard InChI is InChI=1S/C26H24FN3O3/c1-32-20-11-12-23-21(17-20)25(28-22-5-2-3-6-24(22)33-23)29-13-4-14-30(16-15-29)26(31)18-7-9-19(27)10-8-18/h2-3,5-12,17H,4,13-16H2,1H3. The first-order valence-electron chi connectivity index (χ1n) is 11.0. The quantitative estimate of drug-likeness (QED) is 0.565. The van der Waals surface area contributed by atoms with Gasteiger partial charge in [0.15, 0.2) is 5.75 Å². The molecule has 3 aromatic rings. The third-order valence-electron chi connectivity index (χ3n) is 5.91. The van der Waals surface area contributed by atoms with E-state index in [4.69, 9.17) is 14.5 Å². The molecule has 33 heavy (non-hydrogen) atoms. The Morgan fingerprint density at radius 1 is 0.970 bits per heavy atom. The zero-order valence-corrected chi connectivity index (χ0v) is 18.3. The minimum absolute atomic E-state index is 0.0876. The van der Waals surface area contributed by atoms with Crippen molar-refractivity contribution in [3.05, 3.63) is 83.7 Å². The predicted octanol–water partition coefficient (Wildman–Crippen LogP) is 4.87. The van der Waals surface area contributed by atoms with Crippen LogP contribution in [0, 0.1) is 5.82 Å². The number of ether oxygens (including phenoxy) is 2. The molecule has 3 aromatic carbocycles. The van der Waals surface area contributed by atoms with Gasteiger partial charge in [-0.25, -0.2) is 9.38 Å². The van der Waals surface area contributed by atoms with Crippen LogP contribution in [0.25, 0.3) is 0 Å². The van der Waals surface area contributed by atoms with E-state index in [0.29, 0.717) is 36.7 Å². The monoisotopic (exact) mass is 445 g/mol. The summed E-state index contributed by atoms with van der Waals surface area (Å²) in [6.45, 7) is 2.52. The number of aliphatic imine (C=N–C) groups is 1. The maximum absolute atomic E-state index is 13.3. The minimum atomic E-state index is -0.350. The second-order valence-corrected chi connectivity index (χ2v) is 8.01. The number of nitrogens with zero attached hydrogens (tertiary/aromatic N) is 3. The van der Waals surface area contributed by atoms with Gasteiger partial charge in [-0.2, -0.15) is 0 Å². The van der Waals surface area contributed by atoms with Crippen LogP contribution in [-0.4, -0.2) is 54.8 Å². The molecule has 2 heterocycles. The van der Waals surface area contributed by atoms with Crippen molar-refractivity contribution >= 4 is 17.4 Å². The molecule has 0 saturated carbocycles. The van der Waals surface area contributed by atoms with Gasteiger partial charge in [-0.15, -0.1) is 0 Å². The first kappa shape index (κ1) is 21.0. The molecule has 0 unspecified atom stereocenters. The van der Waals surface area contributed by atoms with Gasteiger partial charge < -0.3 is 19.3 Å². The zero-order valence-electron chi connectivity index (χ0n) is 18.3. The molecule has 0 aromatic heterocycles. The SMILES string of the molecule is COc1ccc2c(c1)C(N1CCCN(C(=O)c3ccc(F)cc3)CC1)=Nc1ccccc1O2. The fourth-order valence-electron chi connectivity index (χ4n) is 4.18. The van der Waals surface area contributed by atoms with E-state index in [0.717, 1.165) is 35.8 Å². The number of hydrogen-bond acceptors (Lipinski definition) is 5. The van der Waals surface area contributed by atoms with Crippen LogP contribution in [0.5, 0.6) is 17.2 Å². The highest BCUT2D eigenvalue weighted by Gasteiger charge is 2.27. The highest BCUT2D eigenvalue weighted by atomic mass is 19.1. The lowest BCUT2D eigenvalue weighted by molar-refractivity contribution is 0.0764. The number of rotatable bonds is 2. The number of amides is 1. The van der Waals surface area contributed by atoms with E-state index in [1.807, 2.05) is 47.4 Å². The van der Waals surface area contributed by atoms with Gasteiger partial charge in [0.25, 0.3) is 5.91 Å². The molecule has 6 nitrogen and oxygen atoms in total. The Labute approximate surface area is 191 Å². The molecule has 0 atom stereocenters. The van der Waals surface area contributed by atoms with Crippen molar-refractivity contribution in [2.45, 2.75) is 6.42 Å². The van der Waals surface area contributed by atoms with Gasteiger partial charge in [0.05, 0.1) is 12.7 Å². The molecule has 1 fully saturated rings. The van der Waals surface area contributed by atoms with E-state index in [1.54, 1.807) is 7.11 Å². The summed E-state index contributed by atoms with van der Waals surface area (Å²) in [7, 11) is 1.63. The molecular formula is C26H24FN3O3. The minimum Gasteiger partial charge on any atom is -0.497 e. The smallest absolute Gasteiger partial charge is 0.253 e. The topological polar surface area (TPSA) is 54.4 Å². The highest BCUT2D eigenvalue weighted by Crippen LogP contribution is 2.39. The van der Waals surface area contributed by atoms with Crippen LogP contribution in [-0.2, 0) is 0 Å². The molecule has 0 radical (unpaired) electrons. The lowest BCUT2D eigenvalue weighted by Crippen LogP contribution is -2.37. The average Bonchev–Trinajstić information content (AvgIpc) is 3.18. The number of amidine groups is 1. The van der Waals surface area contributed by atoms with Crippen LogP contribution in [0.1, 0.15) is 22.3 Å². The van der Waals surface area contributed by atoms with E-state index >= 15 is 0 Å². The molecule has 0 N–H and O–H groups in total. The fourth-order valence-corrected chi connectivity index (χ4v) is 4.18. The Morgan fingerprint density at radius 3 is 2.61 bits per heavy atom. The molecule has 0 spiro atoms. The molecule has 5 rings (SSSR count). The molecule has 2 aliphatic rings. The summed E-state index contributed by atoms with van der Waals surface area (Å²) in [6.07, 6.45) is 0.785. The Balaban J connectivity index is 1.45. The van der Waals surface area contributed by atoms with Crippen molar-refractivity contribution in [1.29, 1.82) is 0 Å². The number of benzene rings is 3. The number of hydrogen-bond donors (Lipinski definition) is 0. The number of carbonyl (C=O) groups excluding carboxylic acids is 1. The van der Waals surface area contributed by atoms with E-state index in [9.17, 15) is 9.18 Å². The molecule has 7 heteroatoms. The van der Waals surface area contributed by atoms with Gasteiger partial charge >= 0.3 is 0 Å². The molecular weight excluding hydrogens is 421 g/mol. The van der Waals surface area contributed by atoms with Gasteiger partial charge in [-0.3, -0.25) is 4.79 Å². The largest absolute Gasteiger partial charge is 0.497 e. The molecule has 0 bridgehead atoms. The third-order valence-corrected chi connectivity index (χ3v) is 5.91. The van der Waals surface area contributed by atoms with Crippen molar-refractivity contribution in [1.82, 2.24) is 9.80 Å². The van der Waals surface area contributed by atoms with E-state index in [-0.39, 0.29) is 11.7 Å². The fraction of sp³-hybridized carbons (Fsp3) is 0.231. The number of carbonyl (C=O) groups is 1. The van der Waals surface area contributed by atoms with Crippen LogP contribution >= 0.6 is 0 Å². The first-order chi connectivity index (χ1) is 16.1. The Bertz CT molecular complexity index is 1210. The van der Waals surface area contributed by atoms with E-state index in [2.05, 4.69) is 4.90 Å². The number of fused-ring (bicyclic) bond motifs is 2. The molecule has 2 aliphatic heterocycles. The van der Waals surface area contributed by atoms with Crippen LogP contribution in [0.4, 0.5) is 10.1 Å². The van der Waals surface area contributed by atoms with Gasteiger partial charge in [-0.1, -0.05) is 12.1 Å². The Kier molecular flexibility index (Phi) is 5.69. The summed E-state index contributed by atoms with van der Waals surface area (Å²) in [5.41, 5.74) is 2.10. The van der Waals surface area contributed by atoms with Crippen molar-refractivity contribution in [3.63, 3.8) is 0 Å². The second kappa shape index (κ2) is 8.94. The summed E-state index contributed by atoms with van der Waals surface area (Å²) in [4.78, 5) is 22.0. The molecule has 0 aliphatic carbocycles.